The highest BCUT2D eigenvalue weighted by Crippen LogP contribution is 1.82. The van der Waals surface area contributed by atoms with Crippen LogP contribution >= 0.6 is 0 Å². The van der Waals surface area contributed by atoms with Gasteiger partial charge in [0.1, 0.15) is 5.75 Å². The van der Waals surface area contributed by atoms with Crippen LogP contribution in [0.4, 0.5) is 0 Å². The Hall–Kier alpha value is -0.180. The van der Waals surface area contributed by atoms with Gasteiger partial charge < -0.3 is 0 Å². The minimum absolute atomic E-state index is 0.544. The average molecular weight is 190 g/mol. The molecule has 0 aromatic rings. The monoisotopic (exact) mass is 190 g/mol. The van der Waals surface area contributed by atoms with Gasteiger partial charge in [-0.2, -0.15) is 8.42 Å². The lowest BCUT2D eigenvalue weighted by atomic mass is 10.9. The quantitative estimate of drug-likeness (QED) is 0.410. The molecule has 0 aliphatic rings. The number of hydrogen-bond donors (Lipinski definition) is 2. The van der Waals surface area contributed by atoms with Gasteiger partial charge in [-0.15, -0.1) is 0 Å². The first-order valence-corrected chi connectivity index (χ1v) is 4.85. The number of rotatable bonds is 4. The fourth-order valence-corrected chi connectivity index (χ4v) is 0.875. The third-order valence-electron chi connectivity index (χ3n) is 0.538. The van der Waals surface area contributed by atoms with E-state index in [-0.39, 0.29) is 0 Å². The normalized spacial score (nSPS) is 12.2. The van der Waals surface area contributed by atoms with E-state index in [2.05, 4.69) is 4.18 Å². The summed E-state index contributed by atoms with van der Waals surface area (Å²) < 4.78 is 50.9. The Balaban J connectivity index is 3.59. The molecule has 1 N–H and O–H groups in total. The Bertz CT molecular complexity index is 239. The van der Waals surface area contributed by atoms with E-state index in [4.69, 9.17) is 4.55 Å². The van der Waals surface area contributed by atoms with Crippen LogP contribution in [0.15, 0.2) is 0 Å². The zero-order valence-electron chi connectivity index (χ0n) is 4.76. The molecule has 0 radical (unpaired) electrons. The van der Waals surface area contributed by atoms with E-state index in [1.807, 2.05) is 0 Å². The van der Waals surface area contributed by atoms with Crippen molar-refractivity contribution in [3.63, 3.8) is 0 Å². The molecule has 10 heavy (non-hydrogen) atoms. The molecular weight excluding hydrogens is 184 g/mol. The van der Waals surface area contributed by atoms with Gasteiger partial charge in [-0.25, -0.2) is 8.42 Å². The molecule has 0 heterocycles. The second kappa shape index (κ2) is 3.86. The molecular formula is C2H6O6S2. The van der Waals surface area contributed by atoms with E-state index in [1.54, 1.807) is 0 Å². The van der Waals surface area contributed by atoms with Crippen LogP contribution in [0.1, 0.15) is 0 Å². The van der Waals surface area contributed by atoms with Gasteiger partial charge >= 0.3 is 0 Å². The van der Waals surface area contributed by atoms with E-state index in [0.717, 1.165) is 0 Å². The molecule has 0 atom stereocenters. The fourth-order valence-electron chi connectivity index (χ4n) is 0.217. The van der Waals surface area contributed by atoms with Gasteiger partial charge in [-0.3, -0.25) is 8.74 Å². The minimum Gasteiger partial charge on any atom is -0.285 e. The molecule has 0 saturated carbocycles. The predicted octanol–water partition coefficient (Wildman–Crippen LogP) is -1.58. The first kappa shape index (κ1) is 9.82. The summed E-state index contributed by atoms with van der Waals surface area (Å²) >= 11 is 0. The summed E-state index contributed by atoms with van der Waals surface area (Å²) in [5.41, 5.74) is 0. The third kappa shape index (κ3) is 7.82. The highest BCUT2D eigenvalue weighted by atomic mass is 32.2. The van der Waals surface area contributed by atoms with Gasteiger partial charge in [0.2, 0.25) is 0 Å². The van der Waals surface area contributed by atoms with Gasteiger partial charge in [0, 0.05) is 0 Å². The lowest BCUT2D eigenvalue weighted by Gasteiger charge is -1.91. The van der Waals surface area contributed by atoms with Crippen LogP contribution in [-0.4, -0.2) is 33.7 Å². The molecule has 62 valence electrons. The molecule has 0 aromatic heterocycles. The van der Waals surface area contributed by atoms with Gasteiger partial charge in [0.05, 0.1) is 6.61 Å². The largest absolute Gasteiger partial charge is 0.285 e. The van der Waals surface area contributed by atoms with Crippen LogP contribution in [-0.2, 0) is 25.3 Å². The zero-order valence-corrected chi connectivity index (χ0v) is 6.47. The fraction of sp³-hybridized carbons (Fsp3) is 1.00. The molecule has 0 amide bonds. The topological polar surface area (TPSA) is 97.7 Å². The summed E-state index contributed by atoms with van der Waals surface area (Å²) in [6, 6.07) is 0. The average Bonchev–Trinajstić information content (AvgIpc) is 1.59. The van der Waals surface area contributed by atoms with Crippen LogP contribution in [0, 0.1) is 0 Å². The molecule has 0 aliphatic heterocycles. The summed E-state index contributed by atoms with van der Waals surface area (Å²) in [6.07, 6.45) is 0. The lowest BCUT2D eigenvalue weighted by molar-refractivity contribution is 0.350. The van der Waals surface area contributed by atoms with Crippen molar-refractivity contribution in [3.05, 3.63) is 0 Å². The summed E-state index contributed by atoms with van der Waals surface area (Å²) in [7, 11) is -7.14. The zero-order chi connectivity index (χ0) is 8.20. The summed E-state index contributed by atoms with van der Waals surface area (Å²) in [4.78, 5) is 0. The van der Waals surface area contributed by atoms with Crippen LogP contribution in [0.3, 0.4) is 0 Å². The Morgan fingerprint density at radius 2 is 1.90 bits per heavy atom. The number of thiol groups is 1. The predicted molar refractivity (Wildman–Crippen MR) is 32.7 cm³/mol. The molecule has 6 nitrogen and oxygen atoms in total. The van der Waals surface area contributed by atoms with E-state index in [9.17, 15) is 16.8 Å². The molecule has 0 fully saturated rings. The minimum atomic E-state index is -4.11. The van der Waals surface area contributed by atoms with E-state index in [1.165, 1.54) is 0 Å². The standard InChI is InChI=1S/C2H6O6S2/c3-9(4)8-1-2-10(5,6)7/h9H,1-2H2,(H,5,6,7). The Kier molecular flexibility index (Phi) is 3.79. The van der Waals surface area contributed by atoms with Gasteiger partial charge in [-0.1, -0.05) is 0 Å². The van der Waals surface area contributed by atoms with E-state index >= 15 is 0 Å². The molecule has 0 unspecified atom stereocenters. The summed E-state index contributed by atoms with van der Waals surface area (Å²) in [5.74, 6) is -0.712. The van der Waals surface area contributed by atoms with Crippen molar-refractivity contribution in [1.82, 2.24) is 0 Å². The molecule has 0 spiro atoms. The molecule has 0 saturated heterocycles. The molecule has 0 aromatic carbocycles. The van der Waals surface area contributed by atoms with Crippen molar-refractivity contribution in [1.29, 1.82) is 0 Å². The van der Waals surface area contributed by atoms with Crippen LogP contribution < -0.4 is 0 Å². The lowest BCUT2D eigenvalue weighted by Crippen LogP contribution is -2.09. The van der Waals surface area contributed by atoms with Gasteiger partial charge in [0.15, 0.2) is 0 Å². The first-order chi connectivity index (χ1) is 4.42. The molecule has 0 aliphatic carbocycles. The Morgan fingerprint density at radius 1 is 1.40 bits per heavy atom. The highest BCUT2D eigenvalue weighted by Gasteiger charge is 2.03. The highest BCUT2D eigenvalue weighted by molar-refractivity contribution is 7.85. The molecule has 8 heteroatoms. The third-order valence-corrected chi connectivity index (χ3v) is 1.61. The first-order valence-electron chi connectivity index (χ1n) is 2.14. The molecule has 0 rings (SSSR count). The number of hydrogen-bond acceptors (Lipinski definition) is 5. The van der Waals surface area contributed by atoms with Crippen molar-refractivity contribution in [3.8, 4) is 0 Å². The maximum Gasteiger partial charge on any atom is 0.267 e. The smallest absolute Gasteiger partial charge is 0.267 e. The van der Waals surface area contributed by atoms with Crippen LogP contribution in [0.2, 0.25) is 0 Å². The molecule has 0 bridgehead atoms. The SMILES string of the molecule is O=[SH](=O)OCCS(=O)(=O)O. The van der Waals surface area contributed by atoms with Crippen LogP contribution in [0.5, 0.6) is 0 Å². The van der Waals surface area contributed by atoms with Crippen molar-refractivity contribution in [2.45, 2.75) is 0 Å². The van der Waals surface area contributed by atoms with Gasteiger partial charge in [-0.05, 0) is 0 Å². The maximum atomic E-state index is 9.89. The van der Waals surface area contributed by atoms with Crippen molar-refractivity contribution >= 4 is 21.1 Å². The summed E-state index contributed by atoms with van der Waals surface area (Å²) in [6.45, 7) is -0.544. The van der Waals surface area contributed by atoms with Crippen molar-refractivity contribution in [2.24, 2.45) is 0 Å². The second-order valence-electron chi connectivity index (χ2n) is 1.34. The Morgan fingerprint density at radius 3 is 2.20 bits per heavy atom. The second-order valence-corrected chi connectivity index (χ2v) is 3.62. The maximum absolute atomic E-state index is 9.89. The van der Waals surface area contributed by atoms with Gasteiger partial charge in [0.25, 0.3) is 21.1 Å². The van der Waals surface area contributed by atoms with Crippen molar-refractivity contribution in [2.75, 3.05) is 12.4 Å². The van der Waals surface area contributed by atoms with E-state index < -0.39 is 33.5 Å². The van der Waals surface area contributed by atoms with Crippen LogP contribution in [0.25, 0.3) is 0 Å². The van der Waals surface area contributed by atoms with Crippen molar-refractivity contribution < 1.29 is 25.6 Å². The summed E-state index contributed by atoms with van der Waals surface area (Å²) in [5, 5.41) is 0. The van der Waals surface area contributed by atoms with E-state index in [0.29, 0.717) is 0 Å². The Labute approximate surface area is 59.7 Å².